The minimum absolute atomic E-state index is 0.410. The Morgan fingerprint density at radius 3 is 2.92 bits per heavy atom. The minimum atomic E-state index is 0.410. The Morgan fingerprint density at radius 1 is 1.38 bits per heavy atom. The maximum absolute atomic E-state index is 4.32. The Balaban J connectivity index is 1.45. The van der Waals surface area contributed by atoms with Gasteiger partial charge in [-0.3, -0.25) is 4.99 Å². The number of imidazole rings is 1. The number of rotatable bonds is 5. The third-order valence-electron chi connectivity index (χ3n) is 4.17. The van der Waals surface area contributed by atoms with Gasteiger partial charge in [0.25, 0.3) is 0 Å². The smallest absolute Gasteiger partial charge is 0.191 e. The minimum Gasteiger partial charge on any atom is -0.369 e. The third kappa shape index (κ3) is 4.50. The van der Waals surface area contributed by atoms with Crippen LogP contribution in [-0.4, -0.2) is 48.2 Å². The fraction of sp³-hybridized carbons (Fsp3) is 0.412. The van der Waals surface area contributed by atoms with Crippen molar-refractivity contribution in [3.63, 3.8) is 0 Å². The molecule has 1 atom stereocenters. The summed E-state index contributed by atoms with van der Waals surface area (Å²) in [6.07, 6.45) is 6.69. The van der Waals surface area contributed by atoms with Gasteiger partial charge in [0.2, 0.25) is 0 Å². The molecule has 1 unspecified atom stereocenters. The number of hydrogen-bond donors (Lipinski definition) is 2. The summed E-state index contributed by atoms with van der Waals surface area (Å²) >= 11 is 3.49. The fourth-order valence-corrected chi connectivity index (χ4v) is 3.14. The van der Waals surface area contributed by atoms with E-state index in [1.54, 1.807) is 6.20 Å². The van der Waals surface area contributed by atoms with Crippen molar-refractivity contribution < 1.29 is 0 Å². The van der Waals surface area contributed by atoms with Crippen LogP contribution in [-0.2, 0) is 6.54 Å². The van der Waals surface area contributed by atoms with Gasteiger partial charge in [-0.2, -0.15) is 0 Å². The van der Waals surface area contributed by atoms with E-state index in [9.17, 15) is 0 Å². The van der Waals surface area contributed by atoms with E-state index in [0.717, 1.165) is 43.0 Å². The first-order chi connectivity index (χ1) is 11.7. The fourth-order valence-electron chi connectivity index (χ4n) is 2.87. The Kier molecular flexibility index (Phi) is 5.74. The molecule has 2 N–H and O–H groups in total. The van der Waals surface area contributed by atoms with Crippen molar-refractivity contribution in [2.75, 3.05) is 31.6 Å². The van der Waals surface area contributed by atoms with Crippen LogP contribution < -0.4 is 15.5 Å². The van der Waals surface area contributed by atoms with Gasteiger partial charge in [0.1, 0.15) is 0 Å². The van der Waals surface area contributed by atoms with E-state index in [0.29, 0.717) is 6.04 Å². The number of guanidine groups is 1. The van der Waals surface area contributed by atoms with E-state index in [2.05, 4.69) is 65.7 Å². The number of hydrogen-bond acceptors (Lipinski definition) is 3. The molecule has 2 heterocycles. The number of anilines is 1. The lowest BCUT2D eigenvalue weighted by molar-refractivity contribution is 0.625. The van der Waals surface area contributed by atoms with Crippen LogP contribution in [0.1, 0.15) is 6.42 Å². The Labute approximate surface area is 151 Å². The SMILES string of the molecule is CN=C(NCCn1ccnc1)NC1CCN(c2ccc(Br)cc2)C1. The van der Waals surface area contributed by atoms with Crippen molar-refractivity contribution in [2.45, 2.75) is 19.0 Å². The molecule has 0 bridgehead atoms. The first-order valence-electron chi connectivity index (χ1n) is 8.18. The quantitative estimate of drug-likeness (QED) is 0.606. The lowest BCUT2D eigenvalue weighted by Gasteiger charge is -2.20. The Bertz CT molecular complexity index is 652. The number of nitrogens with one attached hydrogen (secondary N) is 2. The highest BCUT2D eigenvalue weighted by molar-refractivity contribution is 9.10. The standard InChI is InChI=1S/C17H23BrN6/c1-19-17(21-8-11-23-10-7-20-13-23)22-15-6-9-24(12-15)16-4-2-14(18)3-5-16/h2-5,7,10,13,15H,6,8-9,11-12H2,1H3,(H2,19,21,22). The van der Waals surface area contributed by atoms with Crippen molar-refractivity contribution >= 4 is 27.6 Å². The topological polar surface area (TPSA) is 57.5 Å². The van der Waals surface area contributed by atoms with Crippen LogP contribution in [0.5, 0.6) is 0 Å². The van der Waals surface area contributed by atoms with Crippen LogP contribution in [0.15, 0.2) is 52.5 Å². The number of aromatic nitrogens is 2. The summed E-state index contributed by atoms with van der Waals surface area (Å²) in [4.78, 5) is 10.8. The molecule has 0 radical (unpaired) electrons. The Hall–Kier alpha value is -2.02. The maximum Gasteiger partial charge on any atom is 0.191 e. The summed E-state index contributed by atoms with van der Waals surface area (Å²) in [5.41, 5.74) is 1.27. The molecule has 0 saturated carbocycles. The molecule has 128 valence electrons. The van der Waals surface area contributed by atoms with E-state index >= 15 is 0 Å². The van der Waals surface area contributed by atoms with Gasteiger partial charge in [-0.1, -0.05) is 15.9 Å². The highest BCUT2D eigenvalue weighted by Crippen LogP contribution is 2.22. The second-order valence-corrected chi connectivity index (χ2v) is 6.77. The average Bonchev–Trinajstić information content (AvgIpc) is 3.26. The van der Waals surface area contributed by atoms with Crippen LogP contribution >= 0.6 is 15.9 Å². The highest BCUT2D eigenvalue weighted by Gasteiger charge is 2.23. The molecule has 24 heavy (non-hydrogen) atoms. The first-order valence-corrected chi connectivity index (χ1v) is 8.97. The molecule has 1 saturated heterocycles. The maximum atomic E-state index is 4.32. The molecule has 1 aromatic carbocycles. The van der Waals surface area contributed by atoms with Gasteiger partial charge < -0.3 is 20.1 Å². The zero-order valence-electron chi connectivity index (χ0n) is 13.8. The van der Waals surface area contributed by atoms with E-state index in [-0.39, 0.29) is 0 Å². The van der Waals surface area contributed by atoms with E-state index in [1.807, 2.05) is 24.1 Å². The van der Waals surface area contributed by atoms with Gasteiger partial charge in [-0.05, 0) is 30.7 Å². The third-order valence-corrected chi connectivity index (χ3v) is 4.69. The molecule has 0 aliphatic carbocycles. The van der Waals surface area contributed by atoms with Gasteiger partial charge in [0.05, 0.1) is 6.33 Å². The largest absolute Gasteiger partial charge is 0.369 e. The lowest BCUT2D eigenvalue weighted by Crippen LogP contribution is -2.45. The van der Waals surface area contributed by atoms with E-state index in [1.165, 1.54) is 5.69 Å². The van der Waals surface area contributed by atoms with Crippen molar-refractivity contribution in [1.29, 1.82) is 0 Å². The number of benzene rings is 1. The Morgan fingerprint density at radius 2 is 2.21 bits per heavy atom. The summed E-state index contributed by atoms with van der Waals surface area (Å²) in [6, 6.07) is 8.90. The highest BCUT2D eigenvalue weighted by atomic mass is 79.9. The molecular weight excluding hydrogens is 368 g/mol. The molecule has 6 nitrogen and oxygen atoms in total. The molecule has 3 rings (SSSR count). The number of aliphatic imine (C=N–C) groups is 1. The van der Waals surface area contributed by atoms with Crippen molar-refractivity contribution in [1.82, 2.24) is 20.2 Å². The second kappa shape index (κ2) is 8.19. The zero-order chi connectivity index (χ0) is 16.8. The van der Waals surface area contributed by atoms with Crippen molar-refractivity contribution in [3.8, 4) is 0 Å². The molecule has 7 heteroatoms. The molecule has 1 aliphatic heterocycles. The van der Waals surface area contributed by atoms with Gasteiger partial charge in [0, 0.05) is 61.8 Å². The van der Waals surface area contributed by atoms with Crippen LogP contribution in [0.25, 0.3) is 0 Å². The van der Waals surface area contributed by atoms with E-state index < -0.39 is 0 Å². The van der Waals surface area contributed by atoms with Gasteiger partial charge in [0.15, 0.2) is 5.96 Å². The normalized spacial score (nSPS) is 18.0. The zero-order valence-corrected chi connectivity index (χ0v) is 15.4. The molecule has 0 amide bonds. The summed E-state index contributed by atoms with van der Waals surface area (Å²) < 4.78 is 3.16. The summed E-state index contributed by atoms with van der Waals surface area (Å²) in [6.45, 7) is 3.74. The molecule has 1 aliphatic rings. The van der Waals surface area contributed by atoms with E-state index in [4.69, 9.17) is 0 Å². The van der Waals surface area contributed by atoms with Crippen LogP contribution in [0.2, 0.25) is 0 Å². The van der Waals surface area contributed by atoms with Gasteiger partial charge in [-0.25, -0.2) is 4.98 Å². The molecule has 0 spiro atoms. The number of nitrogens with zero attached hydrogens (tertiary/aromatic N) is 4. The van der Waals surface area contributed by atoms with Crippen molar-refractivity contribution in [3.05, 3.63) is 47.5 Å². The average molecular weight is 391 g/mol. The van der Waals surface area contributed by atoms with Gasteiger partial charge in [-0.15, -0.1) is 0 Å². The molecule has 1 fully saturated rings. The lowest BCUT2D eigenvalue weighted by atomic mass is 10.3. The molecular formula is C17H23BrN6. The predicted molar refractivity (Wildman–Crippen MR) is 101 cm³/mol. The predicted octanol–water partition coefficient (Wildman–Crippen LogP) is 2.09. The van der Waals surface area contributed by atoms with Crippen molar-refractivity contribution in [2.24, 2.45) is 4.99 Å². The monoisotopic (exact) mass is 390 g/mol. The molecule has 2 aromatic rings. The summed E-state index contributed by atoms with van der Waals surface area (Å²) in [7, 11) is 1.81. The molecule has 1 aromatic heterocycles. The van der Waals surface area contributed by atoms with Crippen LogP contribution in [0.3, 0.4) is 0 Å². The summed E-state index contributed by atoms with van der Waals surface area (Å²) in [5, 5.41) is 6.88. The number of halogens is 1. The summed E-state index contributed by atoms with van der Waals surface area (Å²) in [5.74, 6) is 0.859. The second-order valence-electron chi connectivity index (χ2n) is 5.85. The van der Waals surface area contributed by atoms with Crippen LogP contribution in [0.4, 0.5) is 5.69 Å². The first kappa shape index (κ1) is 16.8. The van der Waals surface area contributed by atoms with Gasteiger partial charge >= 0.3 is 0 Å². The van der Waals surface area contributed by atoms with Crippen LogP contribution in [0, 0.1) is 0 Å².